The molecule has 0 saturated heterocycles. The van der Waals surface area contributed by atoms with Gasteiger partial charge in [-0.05, 0) is 156 Å². The smallest absolute Gasteiger partial charge is 0.326 e. The molecule has 0 saturated carbocycles. The van der Waals surface area contributed by atoms with Crippen molar-refractivity contribution in [2.75, 3.05) is 164 Å². The zero-order valence-corrected chi connectivity index (χ0v) is 58.8. The number of hydrogen-bond acceptors (Lipinski definition) is 24. The first kappa shape index (κ1) is 81.2. The lowest BCUT2D eigenvalue weighted by molar-refractivity contribution is -0.149. The van der Waals surface area contributed by atoms with Gasteiger partial charge in [0, 0.05) is 52.4 Å². The number of rotatable bonds is 49. The van der Waals surface area contributed by atoms with E-state index in [1.165, 1.54) is 46.1 Å². The van der Waals surface area contributed by atoms with Crippen molar-refractivity contribution in [1.82, 2.24) is 49.8 Å². The maximum Gasteiger partial charge on any atom is 0.326 e. The zero-order valence-electron chi connectivity index (χ0n) is 58.0. The number of benzene rings is 3. The van der Waals surface area contributed by atoms with Crippen molar-refractivity contribution >= 4 is 70.9 Å². The molecule has 3 heterocycles. The number of hydrogen-bond donors (Lipinski definition) is 8. The van der Waals surface area contributed by atoms with Crippen LogP contribution < -0.4 is 67.7 Å². The van der Waals surface area contributed by atoms with E-state index in [0.29, 0.717) is 115 Å². The van der Waals surface area contributed by atoms with Gasteiger partial charge in [0.15, 0.2) is 34.5 Å². The molecule has 3 aromatic carbocycles. The van der Waals surface area contributed by atoms with Crippen LogP contribution in [0.4, 0.5) is 0 Å². The van der Waals surface area contributed by atoms with E-state index in [2.05, 4.69) is 10.6 Å². The van der Waals surface area contributed by atoms with Crippen molar-refractivity contribution in [2.24, 2.45) is 28.7 Å². The molecule has 101 heavy (non-hydrogen) atoms. The van der Waals surface area contributed by atoms with Crippen molar-refractivity contribution < 1.29 is 86.2 Å². The summed E-state index contributed by atoms with van der Waals surface area (Å²) in [7, 11) is 0. The number of nitrogens with two attached hydrogens (primary N) is 5. The molecule has 0 aliphatic carbocycles. The molecular weight excluding hydrogens is 1330 g/mol. The second kappa shape index (κ2) is 43.8. The maximum absolute atomic E-state index is 14.9. The van der Waals surface area contributed by atoms with Crippen LogP contribution in [0.15, 0.2) is 54.6 Å². The summed E-state index contributed by atoms with van der Waals surface area (Å²) in [6, 6.07) is 13.9. The van der Waals surface area contributed by atoms with E-state index < -0.39 is 124 Å². The Balaban J connectivity index is 1.23. The van der Waals surface area contributed by atoms with Crippen molar-refractivity contribution in [3.05, 3.63) is 71.3 Å². The second-order valence-corrected chi connectivity index (χ2v) is 25.1. The first-order chi connectivity index (χ1) is 48.8. The summed E-state index contributed by atoms with van der Waals surface area (Å²) in [4.78, 5) is 153. The predicted molar refractivity (Wildman–Crippen MR) is 371 cm³/mol. The van der Waals surface area contributed by atoms with Crippen LogP contribution in [-0.4, -0.2) is 273 Å². The number of nitrogens with one attached hydrogen (secondary N) is 2. The number of aliphatic carboxylic acids is 1. The topological polar surface area (TPSA) is 436 Å². The minimum absolute atomic E-state index is 0.00818. The number of carbonyl (C=O) groups is 10. The third kappa shape index (κ3) is 26.9. The highest BCUT2D eigenvalue weighted by Gasteiger charge is 2.33. The van der Waals surface area contributed by atoms with Gasteiger partial charge in [-0.25, -0.2) is 4.79 Å². The van der Waals surface area contributed by atoms with Gasteiger partial charge in [0.1, 0.15) is 32.2 Å². The molecule has 1 atom stereocenters. The van der Waals surface area contributed by atoms with E-state index in [1.54, 1.807) is 67.8 Å². The van der Waals surface area contributed by atoms with Crippen molar-refractivity contribution in [1.29, 1.82) is 0 Å². The zero-order chi connectivity index (χ0) is 73.1. The fourth-order valence-electron chi connectivity index (χ4n) is 10.9. The number of fused-ring (bicyclic) bond motifs is 3. The van der Waals surface area contributed by atoms with Crippen LogP contribution in [0.2, 0.25) is 0 Å². The summed E-state index contributed by atoms with van der Waals surface area (Å²) < 4.78 is 38.7. The molecule has 0 aromatic heterocycles. The highest BCUT2D eigenvalue weighted by Crippen LogP contribution is 2.35. The van der Waals surface area contributed by atoms with Gasteiger partial charge in [0.25, 0.3) is 0 Å². The Hall–Kier alpha value is -8.77. The van der Waals surface area contributed by atoms with E-state index in [-0.39, 0.29) is 112 Å². The van der Waals surface area contributed by atoms with Gasteiger partial charge < -0.3 is 111 Å². The lowest BCUT2D eigenvalue weighted by atomic mass is 10.1. The molecule has 33 nitrogen and oxygen atoms in total. The van der Waals surface area contributed by atoms with E-state index in [9.17, 15) is 53.1 Å². The van der Waals surface area contributed by atoms with Gasteiger partial charge in [-0.3, -0.25) is 48.5 Å². The van der Waals surface area contributed by atoms with Crippen LogP contribution >= 0.6 is 11.8 Å². The molecule has 3 aromatic rings. The molecule has 558 valence electrons. The van der Waals surface area contributed by atoms with Crippen LogP contribution in [0, 0.1) is 0 Å². The Morgan fingerprint density at radius 3 is 1.13 bits per heavy atom. The van der Waals surface area contributed by atoms with Crippen LogP contribution in [-0.2, 0) is 72.3 Å². The van der Waals surface area contributed by atoms with Crippen LogP contribution in [0.1, 0.15) is 81.4 Å². The van der Waals surface area contributed by atoms with Gasteiger partial charge in [0.05, 0.1) is 46.1 Å². The minimum Gasteiger partial charge on any atom is -0.480 e. The van der Waals surface area contributed by atoms with E-state index in [1.807, 2.05) is 0 Å². The number of nitrogens with zero attached hydrogens (tertiary/aromatic N) is 8. The highest BCUT2D eigenvalue weighted by molar-refractivity contribution is 7.98. The molecule has 1 unspecified atom stereocenters. The lowest BCUT2D eigenvalue weighted by Crippen LogP contribution is -2.53. The Labute approximate surface area is 593 Å². The Bertz CT molecular complexity index is 3230. The van der Waals surface area contributed by atoms with Crippen molar-refractivity contribution in [3.63, 3.8) is 0 Å². The van der Waals surface area contributed by atoms with Crippen molar-refractivity contribution in [2.45, 2.75) is 90.4 Å². The quantitative estimate of drug-likeness (QED) is 0.0253. The SMILES string of the molecule is CCOCNCC(=O)N(CC(=O)N(CCCCN)CC(=O)N(CC(=O)N(CN)CC(=O)N(CCCCN)CC(=O)N(CCCCN)CC(=O)N(CC(=O)N(CCCCN)CC(=O)NC(CCSC)C(=O)O)Cc1ccc2c(c1)OCO2)Cc1ccc2c(c1)OCO2)Cc1ccc2c(c1)OCO2. The molecule has 6 rings (SSSR count). The molecule has 0 bridgehead atoms. The summed E-state index contributed by atoms with van der Waals surface area (Å²) in [6.45, 7) is -2.34. The van der Waals surface area contributed by atoms with Crippen LogP contribution in [0.3, 0.4) is 0 Å². The van der Waals surface area contributed by atoms with Gasteiger partial charge in [-0.15, -0.1) is 0 Å². The molecule has 3 aliphatic rings. The molecule has 13 N–H and O–H groups in total. The number of carboxylic acids is 1. The number of carboxylic acid groups (broad SMARTS) is 1. The summed E-state index contributed by atoms with van der Waals surface area (Å²) in [5.74, 6) is -4.00. The van der Waals surface area contributed by atoms with Crippen LogP contribution in [0.5, 0.6) is 34.5 Å². The predicted octanol–water partition coefficient (Wildman–Crippen LogP) is -0.820. The van der Waals surface area contributed by atoms with Gasteiger partial charge in [-0.1, -0.05) is 18.2 Å². The lowest BCUT2D eigenvalue weighted by Gasteiger charge is -2.32. The van der Waals surface area contributed by atoms with Gasteiger partial charge in [-0.2, -0.15) is 11.8 Å². The number of carbonyl (C=O) groups excluding carboxylic acids is 9. The summed E-state index contributed by atoms with van der Waals surface area (Å²) in [5.41, 5.74) is 31.5. The summed E-state index contributed by atoms with van der Waals surface area (Å²) in [6.07, 6.45) is 5.22. The fraction of sp³-hybridized carbons (Fsp3) is 0.582. The van der Waals surface area contributed by atoms with Gasteiger partial charge >= 0.3 is 5.97 Å². The number of amides is 9. The Kier molecular flexibility index (Phi) is 35.2. The first-order valence-corrected chi connectivity index (χ1v) is 35.4. The van der Waals surface area contributed by atoms with Gasteiger partial charge in [0.2, 0.25) is 73.5 Å². The normalized spacial score (nSPS) is 12.5. The number of unbranched alkanes of at least 4 members (excludes halogenated alkanes) is 4. The third-order valence-corrected chi connectivity index (χ3v) is 17.2. The monoisotopic (exact) mass is 1440 g/mol. The standard InChI is InChI=1S/C67H101N15O18S/c1-3-94-44-73-31-59(84)79(32-48-12-15-52-55(28-48)98-45-95-52)39-62(87)78(26-11-7-22-71)38-65(90)81(34-50-14-17-54-57(30-50)100-47-97-54)41-66(91)82(43-72)42-63(88)76(24-9-5-20-69)36-60(85)77(25-10-6-21-70)37-64(89)80(33-49-13-16-53-56(29-49)99-46-96-53)40-61(86)75(23-8-4-19-68)35-58(83)74-51(67(92)93)18-27-101-2/h12-17,28-30,51,73H,3-11,18-27,31-47,68-72H2,1-2H3,(H,74,83)(H,92,93). The van der Waals surface area contributed by atoms with E-state index in [4.69, 9.17) is 61.8 Å². The van der Waals surface area contributed by atoms with E-state index >= 15 is 0 Å². The average molecular weight is 1440 g/mol. The molecule has 9 amide bonds. The molecule has 0 radical (unpaired) electrons. The largest absolute Gasteiger partial charge is 0.480 e. The van der Waals surface area contributed by atoms with Crippen molar-refractivity contribution in [3.8, 4) is 34.5 Å². The number of ether oxygens (including phenoxy) is 7. The van der Waals surface area contributed by atoms with E-state index in [0.717, 1.165) is 4.90 Å². The molecule has 0 spiro atoms. The maximum atomic E-state index is 14.9. The second-order valence-electron chi connectivity index (χ2n) is 24.1. The Morgan fingerprint density at radius 2 is 0.782 bits per heavy atom. The molecule has 3 aliphatic heterocycles. The number of thioether (sulfide) groups is 1. The first-order valence-electron chi connectivity index (χ1n) is 34.0. The average Bonchev–Trinajstić information content (AvgIpc) is 1.81. The third-order valence-electron chi connectivity index (χ3n) is 16.5. The van der Waals surface area contributed by atoms with Crippen LogP contribution in [0.25, 0.3) is 0 Å². The molecule has 34 heteroatoms. The highest BCUT2D eigenvalue weighted by atomic mass is 32.2. The molecular formula is C67H101N15O18S. The summed E-state index contributed by atoms with van der Waals surface area (Å²) >= 11 is 1.41. The fourth-order valence-corrected chi connectivity index (χ4v) is 11.4. The molecule has 0 fully saturated rings. The Morgan fingerprint density at radius 1 is 0.455 bits per heavy atom. The summed E-state index contributed by atoms with van der Waals surface area (Å²) in [5, 5.41) is 15.3. The minimum atomic E-state index is -1.24.